The number of nitrogens with one attached hydrogen (secondary N) is 1. The zero-order valence-electron chi connectivity index (χ0n) is 10.0. The van der Waals surface area contributed by atoms with E-state index in [-0.39, 0.29) is 11.4 Å². The van der Waals surface area contributed by atoms with Crippen LogP contribution in [0.5, 0.6) is 0 Å². The molecule has 0 fully saturated rings. The van der Waals surface area contributed by atoms with E-state index in [0.717, 1.165) is 12.1 Å². The van der Waals surface area contributed by atoms with Crippen molar-refractivity contribution in [3.63, 3.8) is 0 Å². The van der Waals surface area contributed by atoms with Crippen LogP contribution in [0.1, 0.15) is 12.6 Å². The van der Waals surface area contributed by atoms with E-state index in [2.05, 4.69) is 15.4 Å². The standard InChI is InChI=1S/C12H11F3N4/c1-2-7-5-10(19-16)18-12(17-7)6-3-8(13)11(15)9(14)4-6/h3-5H,2,16H2,1H3,(H,17,18,19). The molecule has 1 heterocycles. The van der Waals surface area contributed by atoms with Gasteiger partial charge in [0.15, 0.2) is 23.3 Å². The monoisotopic (exact) mass is 268 g/mol. The molecule has 0 radical (unpaired) electrons. The van der Waals surface area contributed by atoms with Crippen LogP contribution < -0.4 is 11.3 Å². The lowest BCUT2D eigenvalue weighted by molar-refractivity contribution is 0.447. The smallest absolute Gasteiger partial charge is 0.194 e. The number of rotatable bonds is 3. The summed E-state index contributed by atoms with van der Waals surface area (Å²) in [6, 6.07) is 3.29. The van der Waals surface area contributed by atoms with E-state index >= 15 is 0 Å². The molecule has 0 atom stereocenters. The molecule has 0 aliphatic heterocycles. The van der Waals surface area contributed by atoms with Crippen molar-refractivity contribution in [2.75, 3.05) is 5.43 Å². The van der Waals surface area contributed by atoms with Crippen molar-refractivity contribution in [3.8, 4) is 11.4 Å². The van der Waals surface area contributed by atoms with Gasteiger partial charge in [0.2, 0.25) is 0 Å². The van der Waals surface area contributed by atoms with Gasteiger partial charge in [-0.15, -0.1) is 0 Å². The van der Waals surface area contributed by atoms with E-state index in [1.54, 1.807) is 6.07 Å². The minimum atomic E-state index is -1.52. The summed E-state index contributed by atoms with van der Waals surface area (Å²) in [7, 11) is 0. The molecule has 0 unspecified atom stereocenters. The Labute approximate surface area is 107 Å². The number of aromatic nitrogens is 2. The lowest BCUT2D eigenvalue weighted by Gasteiger charge is -2.07. The highest BCUT2D eigenvalue weighted by atomic mass is 19.2. The maximum Gasteiger partial charge on any atom is 0.194 e. The van der Waals surface area contributed by atoms with Gasteiger partial charge in [-0.3, -0.25) is 0 Å². The third kappa shape index (κ3) is 2.65. The first-order valence-electron chi connectivity index (χ1n) is 5.54. The summed E-state index contributed by atoms with van der Waals surface area (Å²) in [5.74, 6) is 1.54. The predicted molar refractivity (Wildman–Crippen MR) is 64.5 cm³/mol. The number of hydrazine groups is 1. The molecule has 1 aromatic heterocycles. The second-order valence-electron chi connectivity index (χ2n) is 3.82. The van der Waals surface area contributed by atoms with E-state index in [1.807, 2.05) is 6.92 Å². The molecule has 2 rings (SSSR count). The van der Waals surface area contributed by atoms with Crippen molar-refractivity contribution in [1.82, 2.24) is 9.97 Å². The molecule has 0 saturated heterocycles. The average molecular weight is 268 g/mol. The molecule has 4 nitrogen and oxygen atoms in total. The Morgan fingerprint density at radius 2 is 1.74 bits per heavy atom. The Hall–Kier alpha value is -2.15. The first-order chi connectivity index (χ1) is 9.05. The van der Waals surface area contributed by atoms with Crippen LogP contribution in [0.4, 0.5) is 19.0 Å². The van der Waals surface area contributed by atoms with E-state index in [9.17, 15) is 13.2 Å². The normalized spacial score (nSPS) is 10.6. The fourth-order valence-corrected chi connectivity index (χ4v) is 1.57. The third-order valence-corrected chi connectivity index (χ3v) is 2.53. The molecule has 1 aromatic carbocycles. The Kier molecular flexibility index (Phi) is 3.66. The van der Waals surface area contributed by atoms with Gasteiger partial charge >= 0.3 is 0 Å². The zero-order valence-corrected chi connectivity index (χ0v) is 10.0. The lowest BCUT2D eigenvalue weighted by atomic mass is 10.2. The van der Waals surface area contributed by atoms with Crippen molar-refractivity contribution in [1.29, 1.82) is 0 Å². The molecule has 0 aliphatic carbocycles. The maximum absolute atomic E-state index is 13.2. The summed E-state index contributed by atoms with van der Waals surface area (Å²) in [5, 5.41) is 0. The van der Waals surface area contributed by atoms with E-state index in [1.165, 1.54) is 0 Å². The summed E-state index contributed by atoms with van der Waals surface area (Å²) < 4.78 is 39.3. The SMILES string of the molecule is CCc1cc(NN)nc(-c2cc(F)c(F)c(F)c2)n1. The van der Waals surface area contributed by atoms with Gasteiger partial charge in [-0.1, -0.05) is 6.92 Å². The van der Waals surface area contributed by atoms with Gasteiger partial charge < -0.3 is 5.43 Å². The summed E-state index contributed by atoms with van der Waals surface area (Å²) in [5.41, 5.74) is 3.03. The summed E-state index contributed by atoms with van der Waals surface area (Å²) in [6.45, 7) is 1.86. The van der Waals surface area contributed by atoms with Crippen molar-refractivity contribution in [3.05, 3.63) is 41.3 Å². The number of aryl methyl sites for hydroxylation is 1. The van der Waals surface area contributed by atoms with Gasteiger partial charge in [-0.2, -0.15) is 0 Å². The molecule has 100 valence electrons. The Morgan fingerprint density at radius 1 is 1.11 bits per heavy atom. The molecule has 0 amide bonds. The number of hydrogen-bond donors (Lipinski definition) is 2. The van der Waals surface area contributed by atoms with Gasteiger partial charge in [-0.25, -0.2) is 29.0 Å². The summed E-state index contributed by atoms with van der Waals surface area (Å²) >= 11 is 0. The van der Waals surface area contributed by atoms with Crippen molar-refractivity contribution >= 4 is 5.82 Å². The molecule has 0 spiro atoms. The molecular formula is C12H11F3N4. The fraction of sp³-hybridized carbons (Fsp3) is 0.167. The number of nitrogen functional groups attached to an aromatic ring is 1. The van der Waals surface area contributed by atoms with E-state index < -0.39 is 17.5 Å². The third-order valence-electron chi connectivity index (χ3n) is 2.53. The largest absolute Gasteiger partial charge is 0.308 e. The quantitative estimate of drug-likeness (QED) is 0.509. The second-order valence-corrected chi connectivity index (χ2v) is 3.82. The minimum absolute atomic E-state index is 0.0446. The highest BCUT2D eigenvalue weighted by Gasteiger charge is 2.14. The molecular weight excluding hydrogens is 257 g/mol. The molecule has 0 bridgehead atoms. The topological polar surface area (TPSA) is 63.8 Å². The molecule has 2 aromatic rings. The van der Waals surface area contributed by atoms with Gasteiger partial charge in [0, 0.05) is 17.3 Å². The lowest BCUT2D eigenvalue weighted by Crippen LogP contribution is -2.10. The Morgan fingerprint density at radius 3 is 2.26 bits per heavy atom. The van der Waals surface area contributed by atoms with Crippen molar-refractivity contribution in [2.24, 2.45) is 5.84 Å². The first kappa shape index (κ1) is 13.3. The maximum atomic E-state index is 13.2. The van der Waals surface area contributed by atoms with Crippen LogP contribution in [0.3, 0.4) is 0 Å². The van der Waals surface area contributed by atoms with Gasteiger partial charge in [0.25, 0.3) is 0 Å². The highest BCUT2D eigenvalue weighted by Crippen LogP contribution is 2.22. The molecule has 19 heavy (non-hydrogen) atoms. The van der Waals surface area contributed by atoms with Crippen LogP contribution in [-0.2, 0) is 6.42 Å². The van der Waals surface area contributed by atoms with Crippen LogP contribution in [0.2, 0.25) is 0 Å². The minimum Gasteiger partial charge on any atom is -0.308 e. The van der Waals surface area contributed by atoms with Crippen LogP contribution >= 0.6 is 0 Å². The Bertz CT molecular complexity index is 571. The van der Waals surface area contributed by atoms with Gasteiger partial charge in [-0.05, 0) is 18.6 Å². The van der Waals surface area contributed by atoms with E-state index in [4.69, 9.17) is 5.84 Å². The second kappa shape index (κ2) is 5.23. The van der Waals surface area contributed by atoms with Crippen molar-refractivity contribution in [2.45, 2.75) is 13.3 Å². The first-order valence-corrected chi connectivity index (χ1v) is 5.54. The number of anilines is 1. The molecule has 0 aliphatic rings. The summed E-state index contributed by atoms with van der Waals surface area (Å²) in [6.07, 6.45) is 0.594. The Balaban J connectivity index is 2.58. The summed E-state index contributed by atoms with van der Waals surface area (Å²) in [4.78, 5) is 8.10. The van der Waals surface area contributed by atoms with Crippen LogP contribution in [0, 0.1) is 17.5 Å². The number of hydrogen-bond acceptors (Lipinski definition) is 4. The highest BCUT2D eigenvalue weighted by molar-refractivity contribution is 5.57. The molecule has 0 saturated carbocycles. The molecule has 3 N–H and O–H groups in total. The number of nitrogens with zero attached hydrogens (tertiary/aromatic N) is 2. The molecule has 7 heteroatoms. The average Bonchev–Trinajstić information content (AvgIpc) is 2.43. The van der Waals surface area contributed by atoms with Gasteiger partial charge in [0.05, 0.1) is 0 Å². The van der Waals surface area contributed by atoms with Crippen LogP contribution in [0.25, 0.3) is 11.4 Å². The van der Waals surface area contributed by atoms with Gasteiger partial charge in [0.1, 0.15) is 5.82 Å². The van der Waals surface area contributed by atoms with E-state index in [0.29, 0.717) is 17.9 Å². The predicted octanol–water partition coefficient (Wildman–Crippen LogP) is 2.41. The number of halogens is 3. The number of benzene rings is 1. The number of nitrogens with two attached hydrogens (primary N) is 1. The fourth-order valence-electron chi connectivity index (χ4n) is 1.57. The van der Waals surface area contributed by atoms with Crippen LogP contribution in [-0.4, -0.2) is 9.97 Å². The van der Waals surface area contributed by atoms with Crippen molar-refractivity contribution < 1.29 is 13.2 Å². The zero-order chi connectivity index (χ0) is 14.0. The van der Waals surface area contributed by atoms with Crippen LogP contribution in [0.15, 0.2) is 18.2 Å².